The minimum absolute atomic E-state index is 0.200. The number of carbonyl (C=O) groups excluding carboxylic acids is 1. The van der Waals surface area contributed by atoms with Gasteiger partial charge < -0.3 is 20.3 Å². The third-order valence-electron chi connectivity index (χ3n) is 3.05. The molecule has 1 aliphatic rings. The maximum Gasteiger partial charge on any atom is 0.488 e. The number of carbonyl (C=O) groups is 1. The Morgan fingerprint density at radius 2 is 2.05 bits per heavy atom. The molecule has 0 unspecified atom stereocenters. The van der Waals surface area contributed by atoms with Gasteiger partial charge in [-0.2, -0.15) is 0 Å². The summed E-state index contributed by atoms with van der Waals surface area (Å²) in [4.78, 5) is 14.9. The van der Waals surface area contributed by atoms with Gasteiger partial charge in [-0.1, -0.05) is 12.1 Å². The van der Waals surface area contributed by atoms with E-state index < -0.39 is 7.12 Å². The summed E-state index contributed by atoms with van der Waals surface area (Å²) < 4.78 is 0. The Morgan fingerprint density at radius 1 is 1.21 bits per heavy atom. The second-order valence-electron chi connectivity index (χ2n) is 4.32. The Balaban J connectivity index is 2.10. The number of rotatable bonds is 2. The third kappa shape index (κ3) is 2.07. The highest BCUT2D eigenvalue weighted by Gasteiger charge is 2.25. The second kappa shape index (κ2) is 4.42. The molecule has 0 aliphatic carbocycles. The second-order valence-corrected chi connectivity index (χ2v) is 4.32. The highest BCUT2D eigenvalue weighted by Crippen LogP contribution is 2.31. The van der Waals surface area contributed by atoms with Gasteiger partial charge in [0.05, 0.1) is 5.57 Å². The first kappa shape index (κ1) is 11.8. The molecule has 3 rings (SSSR count). The van der Waals surface area contributed by atoms with Crippen LogP contribution in [0.2, 0.25) is 0 Å². The summed E-state index contributed by atoms with van der Waals surface area (Å²) in [5.41, 5.74) is 3.01. The van der Waals surface area contributed by atoms with E-state index in [1.807, 2.05) is 12.1 Å². The summed E-state index contributed by atoms with van der Waals surface area (Å²) in [5, 5.41) is 21.1. The molecule has 2 heterocycles. The van der Waals surface area contributed by atoms with Crippen LogP contribution >= 0.6 is 0 Å². The normalized spacial score (nSPS) is 15.5. The number of hydrogen-bond acceptors (Lipinski definition) is 3. The average Bonchev–Trinajstić information content (AvgIpc) is 2.98. The minimum atomic E-state index is -1.55. The molecule has 0 bridgehead atoms. The zero-order valence-electron chi connectivity index (χ0n) is 9.92. The topological polar surface area (TPSA) is 85.3 Å². The Labute approximate surface area is 109 Å². The zero-order valence-corrected chi connectivity index (χ0v) is 9.92. The Morgan fingerprint density at radius 3 is 2.74 bits per heavy atom. The molecule has 0 saturated heterocycles. The SMILES string of the molecule is O=C1Nc2ccc(B(O)O)cc2/C1=C\c1ccc[nH]1. The lowest BCUT2D eigenvalue weighted by Crippen LogP contribution is -2.29. The van der Waals surface area contributed by atoms with E-state index in [1.54, 1.807) is 30.5 Å². The molecule has 0 radical (unpaired) electrons. The Bertz CT molecular complexity index is 663. The maximum absolute atomic E-state index is 11.9. The number of anilines is 1. The number of hydrogen-bond donors (Lipinski definition) is 4. The summed E-state index contributed by atoms with van der Waals surface area (Å²) in [5.74, 6) is -0.200. The van der Waals surface area contributed by atoms with Crippen molar-refractivity contribution >= 4 is 35.8 Å². The van der Waals surface area contributed by atoms with Crippen molar-refractivity contribution in [2.45, 2.75) is 0 Å². The molecule has 6 heteroatoms. The largest absolute Gasteiger partial charge is 0.488 e. The lowest BCUT2D eigenvalue weighted by molar-refractivity contribution is -0.110. The summed E-state index contributed by atoms with van der Waals surface area (Å²) in [6, 6.07) is 8.53. The van der Waals surface area contributed by atoms with Crippen LogP contribution in [0.3, 0.4) is 0 Å². The number of aromatic nitrogens is 1. The molecule has 4 N–H and O–H groups in total. The number of nitrogens with one attached hydrogen (secondary N) is 2. The van der Waals surface area contributed by atoms with Gasteiger partial charge in [0.25, 0.3) is 5.91 Å². The highest BCUT2D eigenvalue weighted by atomic mass is 16.4. The zero-order chi connectivity index (χ0) is 13.4. The van der Waals surface area contributed by atoms with Crippen LogP contribution in [0.4, 0.5) is 5.69 Å². The number of fused-ring (bicyclic) bond motifs is 1. The van der Waals surface area contributed by atoms with Gasteiger partial charge in [0.1, 0.15) is 0 Å². The fourth-order valence-corrected chi connectivity index (χ4v) is 2.10. The van der Waals surface area contributed by atoms with E-state index >= 15 is 0 Å². The first-order chi connectivity index (χ1) is 9.15. The number of amides is 1. The summed E-state index contributed by atoms with van der Waals surface area (Å²) >= 11 is 0. The van der Waals surface area contributed by atoms with Crippen LogP contribution in [-0.2, 0) is 4.79 Å². The lowest BCUT2D eigenvalue weighted by Gasteiger charge is -2.03. The van der Waals surface area contributed by atoms with E-state index in [-0.39, 0.29) is 5.91 Å². The molecule has 0 saturated carbocycles. The van der Waals surface area contributed by atoms with Crippen molar-refractivity contribution in [3.05, 3.63) is 47.8 Å². The predicted octanol–water partition coefficient (Wildman–Crippen LogP) is 0.187. The van der Waals surface area contributed by atoms with Crippen molar-refractivity contribution in [3.8, 4) is 0 Å². The predicted molar refractivity (Wildman–Crippen MR) is 73.6 cm³/mol. The monoisotopic (exact) mass is 254 g/mol. The quantitative estimate of drug-likeness (QED) is 0.455. The fraction of sp³-hybridized carbons (Fsp3) is 0. The molecule has 5 nitrogen and oxygen atoms in total. The van der Waals surface area contributed by atoms with Crippen LogP contribution in [0.25, 0.3) is 11.6 Å². The minimum Gasteiger partial charge on any atom is -0.423 e. The molecule has 94 valence electrons. The summed E-state index contributed by atoms with van der Waals surface area (Å²) in [6.07, 6.45) is 3.50. The molecule has 2 aromatic rings. The van der Waals surface area contributed by atoms with Gasteiger partial charge in [-0.25, -0.2) is 0 Å². The van der Waals surface area contributed by atoms with E-state index in [1.165, 1.54) is 0 Å². The van der Waals surface area contributed by atoms with E-state index in [0.717, 1.165) is 5.69 Å². The lowest BCUT2D eigenvalue weighted by atomic mass is 9.79. The molecule has 1 aromatic heterocycles. The molecule has 19 heavy (non-hydrogen) atoms. The van der Waals surface area contributed by atoms with Crippen LogP contribution < -0.4 is 10.8 Å². The molecule has 1 aromatic carbocycles. The van der Waals surface area contributed by atoms with Crippen molar-refractivity contribution in [3.63, 3.8) is 0 Å². The first-order valence-electron chi connectivity index (χ1n) is 5.82. The number of benzene rings is 1. The van der Waals surface area contributed by atoms with Gasteiger partial charge in [-0.05, 0) is 29.7 Å². The number of aromatic amines is 1. The van der Waals surface area contributed by atoms with Gasteiger partial charge in [0, 0.05) is 23.1 Å². The molecule has 0 spiro atoms. The van der Waals surface area contributed by atoms with E-state index in [9.17, 15) is 14.8 Å². The van der Waals surface area contributed by atoms with Crippen LogP contribution in [0.5, 0.6) is 0 Å². The van der Waals surface area contributed by atoms with Crippen molar-refractivity contribution in [1.29, 1.82) is 0 Å². The van der Waals surface area contributed by atoms with Crippen LogP contribution in [0.15, 0.2) is 36.5 Å². The molecule has 0 atom stereocenters. The Hall–Kier alpha value is -2.31. The number of H-pyrrole nitrogens is 1. The first-order valence-corrected chi connectivity index (χ1v) is 5.82. The van der Waals surface area contributed by atoms with Crippen molar-refractivity contribution in [1.82, 2.24) is 4.98 Å². The fourth-order valence-electron chi connectivity index (χ4n) is 2.10. The molecule has 0 fully saturated rings. The average molecular weight is 254 g/mol. The molecular weight excluding hydrogens is 243 g/mol. The van der Waals surface area contributed by atoms with Crippen molar-refractivity contribution in [2.24, 2.45) is 0 Å². The summed E-state index contributed by atoms with van der Waals surface area (Å²) in [6.45, 7) is 0. The van der Waals surface area contributed by atoms with Gasteiger partial charge in [0.15, 0.2) is 0 Å². The highest BCUT2D eigenvalue weighted by molar-refractivity contribution is 6.59. The van der Waals surface area contributed by atoms with Crippen molar-refractivity contribution < 1.29 is 14.8 Å². The van der Waals surface area contributed by atoms with Gasteiger partial charge in [0.2, 0.25) is 0 Å². The molecule has 1 amide bonds. The maximum atomic E-state index is 11.9. The Kier molecular flexibility index (Phi) is 2.74. The van der Waals surface area contributed by atoms with E-state index in [2.05, 4.69) is 10.3 Å². The van der Waals surface area contributed by atoms with Crippen LogP contribution in [-0.4, -0.2) is 28.1 Å². The standard InChI is InChI=1S/C13H11BN2O3/c17-13-11(7-9-2-1-5-15-9)10-6-8(14(18)19)3-4-12(10)16-13/h1-7,15,18-19H,(H,16,17)/b11-7+. The summed E-state index contributed by atoms with van der Waals surface area (Å²) in [7, 11) is -1.55. The van der Waals surface area contributed by atoms with Crippen LogP contribution in [0.1, 0.15) is 11.3 Å². The van der Waals surface area contributed by atoms with Gasteiger partial charge in [-0.3, -0.25) is 4.79 Å². The third-order valence-corrected chi connectivity index (χ3v) is 3.05. The smallest absolute Gasteiger partial charge is 0.423 e. The van der Waals surface area contributed by atoms with Gasteiger partial charge >= 0.3 is 7.12 Å². The van der Waals surface area contributed by atoms with E-state index in [4.69, 9.17) is 0 Å². The van der Waals surface area contributed by atoms with Gasteiger partial charge in [-0.15, -0.1) is 0 Å². The van der Waals surface area contributed by atoms with Crippen LogP contribution in [0, 0.1) is 0 Å². The molecule has 1 aliphatic heterocycles. The molecular formula is C13H11BN2O3. The van der Waals surface area contributed by atoms with E-state index in [0.29, 0.717) is 22.3 Å². The van der Waals surface area contributed by atoms with Crippen molar-refractivity contribution in [2.75, 3.05) is 5.32 Å².